The van der Waals surface area contributed by atoms with Crippen LogP contribution in [0.5, 0.6) is 0 Å². The normalized spacial score (nSPS) is 21.9. The quantitative estimate of drug-likeness (QED) is 0.508. The summed E-state index contributed by atoms with van der Waals surface area (Å²) >= 11 is 12.1. The van der Waals surface area contributed by atoms with Crippen LogP contribution in [0.15, 0.2) is 30.3 Å². The zero-order valence-corrected chi connectivity index (χ0v) is 22.7. The van der Waals surface area contributed by atoms with E-state index in [9.17, 15) is 0 Å². The fourth-order valence-electron chi connectivity index (χ4n) is 5.69. The van der Waals surface area contributed by atoms with Gasteiger partial charge in [-0.25, -0.2) is 0 Å². The number of halogens is 1. The largest absolute Gasteiger partial charge is 0.381 e. The lowest BCUT2D eigenvalue weighted by Crippen LogP contribution is -2.45. The first-order valence-electron chi connectivity index (χ1n) is 13.3. The van der Waals surface area contributed by atoms with E-state index in [4.69, 9.17) is 38.5 Å². The van der Waals surface area contributed by atoms with Crippen molar-refractivity contribution in [3.05, 3.63) is 40.9 Å². The monoisotopic (exact) mass is 528 g/mol. The number of rotatable bonds is 6. The van der Waals surface area contributed by atoms with Crippen LogP contribution in [0, 0.1) is 5.92 Å². The standard InChI is InChI=1S/C27H37ClN6OS/c1-20-6-5-13-34(18-20)24-17-23(33-11-2-3-12-33)30-25(31-24)32-26(36)29-19-27(9-14-35-15-10-27)21-7-4-8-22(28)16-21/h4,7-8,16-17,20H,2-3,5-6,9-15,18-19H2,1H3,(H2,29,30,31,32,36). The topological polar surface area (TPSA) is 65.5 Å². The highest BCUT2D eigenvalue weighted by Crippen LogP contribution is 2.35. The van der Waals surface area contributed by atoms with Gasteiger partial charge >= 0.3 is 0 Å². The Morgan fingerprint density at radius 1 is 1.08 bits per heavy atom. The summed E-state index contributed by atoms with van der Waals surface area (Å²) in [5.41, 5.74) is 1.14. The molecule has 1 unspecified atom stereocenters. The van der Waals surface area contributed by atoms with Gasteiger partial charge in [-0.3, -0.25) is 0 Å². The minimum Gasteiger partial charge on any atom is -0.381 e. The molecule has 36 heavy (non-hydrogen) atoms. The molecule has 1 aromatic carbocycles. The average Bonchev–Trinajstić information content (AvgIpc) is 3.43. The van der Waals surface area contributed by atoms with Gasteiger partial charge in [-0.15, -0.1) is 0 Å². The number of nitrogens with one attached hydrogen (secondary N) is 2. The highest BCUT2D eigenvalue weighted by molar-refractivity contribution is 7.80. The zero-order valence-electron chi connectivity index (χ0n) is 21.1. The van der Waals surface area contributed by atoms with E-state index in [2.05, 4.69) is 45.6 Å². The minimum atomic E-state index is -0.0811. The summed E-state index contributed by atoms with van der Waals surface area (Å²) in [5, 5.41) is 8.07. The van der Waals surface area contributed by atoms with Gasteiger partial charge in [0.15, 0.2) is 5.11 Å². The first kappa shape index (κ1) is 25.5. The summed E-state index contributed by atoms with van der Waals surface area (Å²) in [6.45, 7) is 8.62. The third kappa shape index (κ3) is 6.03. The second-order valence-corrected chi connectivity index (χ2v) is 11.4. The molecule has 0 radical (unpaired) electrons. The molecule has 4 heterocycles. The van der Waals surface area contributed by atoms with Gasteiger partial charge in [0.25, 0.3) is 0 Å². The number of piperidine rings is 1. The van der Waals surface area contributed by atoms with Gasteiger partial charge in [0, 0.05) is 62.4 Å². The number of ether oxygens (including phenoxy) is 1. The number of benzene rings is 1. The molecule has 3 saturated heterocycles. The SMILES string of the molecule is CC1CCCN(c2cc(N3CCCC3)nc(NC(=S)NCC3(c4cccc(Cl)c4)CCOCC3)n2)C1. The molecule has 3 aliphatic heterocycles. The minimum absolute atomic E-state index is 0.0811. The summed E-state index contributed by atoms with van der Waals surface area (Å²) in [4.78, 5) is 14.5. The number of anilines is 3. The fraction of sp³-hybridized carbons (Fsp3) is 0.593. The molecule has 3 aliphatic rings. The molecular weight excluding hydrogens is 492 g/mol. The van der Waals surface area contributed by atoms with Crippen molar-refractivity contribution in [2.75, 3.05) is 61.1 Å². The van der Waals surface area contributed by atoms with Gasteiger partial charge < -0.3 is 25.2 Å². The van der Waals surface area contributed by atoms with Gasteiger partial charge in [-0.05, 0) is 74.4 Å². The van der Waals surface area contributed by atoms with Crippen molar-refractivity contribution in [2.45, 2.75) is 50.9 Å². The molecule has 0 saturated carbocycles. The Morgan fingerprint density at radius 3 is 2.53 bits per heavy atom. The highest BCUT2D eigenvalue weighted by atomic mass is 35.5. The van der Waals surface area contributed by atoms with Crippen LogP contribution in [0.1, 0.15) is 51.0 Å². The summed E-state index contributed by atoms with van der Waals surface area (Å²) in [6.07, 6.45) is 6.72. The molecule has 0 bridgehead atoms. The van der Waals surface area contributed by atoms with Crippen LogP contribution >= 0.6 is 23.8 Å². The van der Waals surface area contributed by atoms with Crippen LogP contribution in [-0.4, -0.2) is 61.0 Å². The van der Waals surface area contributed by atoms with E-state index in [1.807, 2.05) is 12.1 Å². The Labute approximate surface area is 225 Å². The third-order valence-corrected chi connectivity index (χ3v) is 8.29. The van der Waals surface area contributed by atoms with Crippen LogP contribution < -0.4 is 20.4 Å². The fourth-order valence-corrected chi connectivity index (χ4v) is 6.04. The summed E-state index contributed by atoms with van der Waals surface area (Å²) in [7, 11) is 0. The van der Waals surface area contributed by atoms with Crippen molar-refractivity contribution < 1.29 is 4.74 Å². The van der Waals surface area contributed by atoms with Crippen LogP contribution in [0.4, 0.5) is 17.6 Å². The maximum absolute atomic E-state index is 6.34. The lowest BCUT2D eigenvalue weighted by molar-refractivity contribution is 0.0515. The Bertz CT molecular complexity index is 1060. The Hall–Kier alpha value is -2.16. The van der Waals surface area contributed by atoms with E-state index >= 15 is 0 Å². The predicted octanol–water partition coefficient (Wildman–Crippen LogP) is 5.00. The molecule has 3 fully saturated rings. The maximum Gasteiger partial charge on any atom is 0.232 e. The summed E-state index contributed by atoms with van der Waals surface area (Å²) in [5.74, 6) is 3.21. The van der Waals surface area contributed by atoms with E-state index in [0.717, 1.165) is 68.9 Å². The molecule has 2 N–H and O–H groups in total. The lowest BCUT2D eigenvalue weighted by atomic mass is 9.74. The molecule has 0 spiro atoms. The van der Waals surface area contributed by atoms with E-state index in [-0.39, 0.29) is 5.41 Å². The number of hydrogen-bond acceptors (Lipinski definition) is 6. The van der Waals surface area contributed by atoms with Crippen molar-refractivity contribution >= 4 is 46.5 Å². The van der Waals surface area contributed by atoms with E-state index in [1.54, 1.807) is 0 Å². The molecule has 0 amide bonds. The van der Waals surface area contributed by atoms with Gasteiger partial charge in [0.05, 0.1) is 0 Å². The molecule has 1 atom stereocenters. The molecular formula is C27H37ClN6OS. The molecule has 7 nitrogen and oxygen atoms in total. The Balaban J connectivity index is 1.32. The predicted molar refractivity (Wildman–Crippen MR) is 151 cm³/mol. The molecule has 5 rings (SSSR count). The molecule has 9 heteroatoms. The van der Waals surface area contributed by atoms with Gasteiger partial charge in [0.2, 0.25) is 5.95 Å². The van der Waals surface area contributed by atoms with Crippen LogP contribution in [0.3, 0.4) is 0 Å². The average molecular weight is 529 g/mol. The van der Waals surface area contributed by atoms with Crippen LogP contribution in [0.25, 0.3) is 0 Å². The number of aromatic nitrogens is 2. The smallest absolute Gasteiger partial charge is 0.232 e. The van der Waals surface area contributed by atoms with E-state index < -0.39 is 0 Å². The maximum atomic E-state index is 6.34. The molecule has 0 aliphatic carbocycles. The third-order valence-electron chi connectivity index (χ3n) is 7.81. The number of hydrogen-bond donors (Lipinski definition) is 2. The molecule has 194 valence electrons. The van der Waals surface area contributed by atoms with E-state index in [0.29, 0.717) is 23.5 Å². The van der Waals surface area contributed by atoms with Crippen molar-refractivity contribution in [3.63, 3.8) is 0 Å². The second kappa shape index (κ2) is 11.5. The van der Waals surface area contributed by atoms with Gasteiger partial charge in [-0.2, -0.15) is 9.97 Å². The van der Waals surface area contributed by atoms with Crippen molar-refractivity contribution in [1.29, 1.82) is 0 Å². The van der Waals surface area contributed by atoms with Crippen molar-refractivity contribution in [3.8, 4) is 0 Å². The zero-order chi connectivity index (χ0) is 25.0. The molecule has 1 aromatic heterocycles. The van der Waals surface area contributed by atoms with Crippen molar-refractivity contribution in [1.82, 2.24) is 15.3 Å². The first-order chi connectivity index (χ1) is 17.5. The summed E-state index contributed by atoms with van der Waals surface area (Å²) < 4.78 is 5.68. The number of nitrogens with zero attached hydrogens (tertiary/aromatic N) is 4. The van der Waals surface area contributed by atoms with Gasteiger partial charge in [0.1, 0.15) is 11.6 Å². The second-order valence-electron chi connectivity index (χ2n) is 10.5. The summed E-state index contributed by atoms with van der Waals surface area (Å²) in [6, 6.07) is 10.3. The van der Waals surface area contributed by atoms with Crippen LogP contribution in [0.2, 0.25) is 5.02 Å². The van der Waals surface area contributed by atoms with Crippen molar-refractivity contribution in [2.24, 2.45) is 5.92 Å². The Morgan fingerprint density at radius 2 is 1.81 bits per heavy atom. The van der Waals surface area contributed by atoms with E-state index in [1.165, 1.54) is 31.2 Å². The molecule has 2 aromatic rings. The Kier molecular flexibility index (Phi) is 8.13. The highest BCUT2D eigenvalue weighted by Gasteiger charge is 2.35. The van der Waals surface area contributed by atoms with Gasteiger partial charge in [-0.1, -0.05) is 30.7 Å². The number of thiocarbonyl (C=S) groups is 1. The lowest BCUT2D eigenvalue weighted by Gasteiger charge is -2.38. The first-order valence-corrected chi connectivity index (χ1v) is 14.1. The van der Waals surface area contributed by atoms with Crippen LogP contribution in [-0.2, 0) is 10.2 Å².